The van der Waals surface area contributed by atoms with Gasteiger partial charge in [-0.3, -0.25) is 0 Å². The number of carbonyl (C=O) groups is 1. The van der Waals surface area contributed by atoms with E-state index in [2.05, 4.69) is 44.4 Å². The molecule has 5 heteroatoms. The van der Waals surface area contributed by atoms with E-state index in [1.165, 1.54) is 17.7 Å². The smallest absolute Gasteiger partial charge is 0.335 e. The third-order valence-corrected chi connectivity index (χ3v) is 5.24. The van der Waals surface area contributed by atoms with Crippen LogP contribution in [0.2, 0.25) is 0 Å². The Labute approximate surface area is 194 Å². The first kappa shape index (κ1) is 23.8. The number of fused-ring (bicyclic) bond motifs is 1. The van der Waals surface area contributed by atoms with Gasteiger partial charge in [0.05, 0.1) is 19.7 Å². The summed E-state index contributed by atoms with van der Waals surface area (Å²) in [6, 6.07) is 30.5. The molecule has 5 nitrogen and oxygen atoms in total. The maximum Gasteiger partial charge on any atom is 0.335 e. The highest BCUT2D eigenvalue weighted by atomic mass is 16.5. The molecule has 4 aromatic rings. The first-order valence-electron chi connectivity index (χ1n) is 10.8. The molecule has 0 spiro atoms. The summed E-state index contributed by atoms with van der Waals surface area (Å²) >= 11 is 0. The normalized spacial score (nSPS) is 10.8. The molecule has 0 radical (unpaired) electrons. The number of hydrogen-bond donors (Lipinski definition) is 1. The zero-order chi connectivity index (χ0) is 23.7. The van der Waals surface area contributed by atoms with E-state index in [-0.39, 0.29) is 5.56 Å². The lowest BCUT2D eigenvalue weighted by molar-refractivity contribution is -0.903. The van der Waals surface area contributed by atoms with E-state index in [4.69, 9.17) is 9.84 Å². The summed E-state index contributed by atoms with van der Waals surface area (Å²) in [7, 11) is 4.47. The van der Waals surface area contributed by atoms with Gasteiger partial charge >= 0.3 is 5.97 Å². The molecule has 4 rings (SSSR count). The Kier molecular flexibility index (Phi) is 8.06. The molecule has 170 valence electrons. The van der Waals surface area contributed by atoms with Gasteiger partial charge in [-0.25, -0.2) is 4.79 Å². The third kappa shape index (κ3) is 7.37. The summed E-state index contributed by atoms with van der Waals surface area (Å²) in [5.41, 5.74) is 1.19. The number of hydrogen-bond acceptors (Lipinski definition) is 3. The van der Waals surface area contributed by atoms with Gasteiger partial charge in [0.15, 0.2) is 0 Å². The number of carboxylic acid groups (broad SMARTS) is 1. The fraction of sp³-hybridized carbons (Fsp3) is 0.179. The minimum Gasteiger partial charge on any atom is -0.872 e. The molecule has 0 amide bonds. The van der Waals surface area contributed by atoms with Gasteiger partial charge in [0, 0.05) is 5.56 Å². The fourth-order valence-electron chi connectivity index (χ4n) is 3.47. The quantitative estimate of drug-likeness (QED) is 0.410. The molecule has 0 aromatic heterocycles. The molecule has 1 N–H and O–H groups in total. The van der Waals surface area contributed by atoms with Crippen molar-refractivity contribution in [3.63, 3.8) is 0 Å². The molecule has 0 saturated carbocycles. The summed E-state index contributed by atoms with van der Waals surface area (Å²) < 4.78 is 6.69. The van der Waals surface area contributed by atoms with E-state index in [9.17, 15) is 9.90 Å². The van der Waals surface area contributed by atoms with E-state index >= 15 is 0 Å². The lowest BCUT2D eigenvalue weighted by Crippen LogP contribution is -2.41. The SMILES string of the molecule is C[N+](C)(CCOc1ccccc1)Cc1ccccc1.O=C(O)c1cc2ccccc2cc1[O-]. The zero-order valence-electron chi connectivity index (χ0n) is 19.0. The van der Waals surface area contributed by atoms with Crippen molar-refractivity contribution < 1.29 is 24.2 Å². The monoisotopic (exact) mass is 443 g/mol. The summed E-state index contributed by atoms with van der Waals surface area (Å²) in [6.45, 7) is 2.76. The van der Waals surface area contributed by atoms with Crippen LogP contribution in [0.15, 0.2) is 97.1 Å². The van der Waals surface area contributed by atoms with Gasteiger partial charge in [0.25, 0.3) is 0 Å². The van der Waals surface area contributed by atoms with Crippen LogP contribution < -0.4 is 9.84 Å². The number of aromatic carboxylic acids is 1. The predicted molar refractivity (Wildman–Crippen MR) is 129 cm³/mol. The van der Waals surface area contributed by atoms with Gasteiger partial charge in [0.2, 0.25) is 0 Å². The van der Waals surface area contributed by atoms with E-state index < -0.39 is 11.7 Å². The van der Waals surface area contributed by atoms with Crippen LogP contribution in [0.4, 0.5) is 0 Å². The van der Waals surface area contributed by atoms with Crippen molar-refractivity contribution in [2.75, 3.05) is 27.2 Å². The van der Waals surface area contributed by atoms with E-state index in [1.54, 1.807) is 18.2 Å². The Balaban J connectivity index is 0.000000194. The lowest BCUT2D eigenvalue weighted by atomic mass is 10.1. The summed E-state index contributed by atoms with van der Waals surface area (Å²) in [5, 5.41) is 21.6. The summed E-state index contributed by atoms with van der Waals surface area (Å²) in [4.78, 5) is 10.7. The topological polar surface area (TPSA) is 69.6 Å². The molecule has 0 fully saturated rings. The molecule has 0 saturated heterocycles. The average Bonchev–Trinajstić information content (AvgIpc) is 2.80. The maximum atomic E-state index is 11.3. The van der Waals surface area contributed by atoms with Crippen molar-refractivity contribution in [3.05, 3.63) is 108 Å². The van der Waals surface area contributed by atoms with Gasteiger partial charge in [0.1, 0.15) is 25.4 Å². The zero-order valence-corrected chi connectivity index (χ0v) is 19.0. The minimum atomic E-state index is -1.18. The van der Waals surface area contributed by atoms with Crippen molar-refractivity contribution in [1.82, 2.24) is 0 Å². The van der Waals surface area contributed by atoms with E-state index in [0.717, 1.165) is 40.7 Å². The standard InChI is InChI=1S/C17H22NO.C11H8O3/c1-18(2,15-16-9-5-3-6-10-16)13-14-19-17-11-7-4-8-12-17;12-10-6-8-4-2-1-3-7(8)5-9(10)11(13)14/h3-12H,13-15H2,1-2H3;1-6,12H,(H,13,14)/q+1;/p-1. The molecular formula is C28H29NO4. The highest BCUT2D eigenvalue weighted by molar-refractivity contribution is 5.97. The number of carboxylic acids is 1. The number of ether oxygens (including phenoxy) is 1. The number of benzene rings is 4. The molecular weight excluding hydrogens is 414 g/mol. The number of rotatable bonds is 7. The molecule has 0 aliphatic heterocycles. The van der Waals surface area contributed by atoms with Crippen molar-refractivity contribution in [2.24, 2.45) is 0 Å². The van der Waals surface area contributed by atoms with Crippen LogP contribution in [0.25, 0.3) is 10.8 Å². The minimum absolute atomic E-state index is 0.177. The first-order chi connectivity index (χ1) is 15.8. The van der Waals surface area contributed by atoms with Gasteiger partial charge in [-0.05, 0) is 29.0 Å². The lowest BCUT2D eigenvalue weighted by Gasteiger charge is -2.29. The van der Waals surface area contributed by atoms with Crippen molar-refractivity contribution >= 4 is 16.7 Å². The Morgan fingerprint density at radius 2 is 1.39 bits per heavy atom. The van der Waals surface area contributed by atoms with Crippen LogP contribution in [-0.4, -0.2) is 42.8 Å². The van der Waals surface area contributed by atoms with Crippen LogP contribution in [-0.2, 0) is 6.54 Å². The highest BCUT2D eigenvalue weighted by Gasteiger charge is 2.15. The van der Waals surface area contributed by atoms with Crippen molar-refractivity contribution in [3.8, 4) is 11.5 Å². The second-order valence-corrected chi connectivity index (χ2v) is 8.47. The molecule has 0 unspecified atom stereocenters. The fourth-order valence-corrected chi connectivity index (χ4v) is 3.47. The first-order valence-corrected chi connectivity index (χ1v) is 10.8. The molecule has 4 aromatic carbocycles. The predicted octanol–water partition coefficient (Wildman–Crippen LogP) is 4.95. The summed E-state index contributed by atoms with van der Waals surface area (Å²) in [5.74, 6) is -0.681. The van der Waals surface area contributed by atoms with Gasteiger partial charge < -0.3 is 19.4 Å². The Morgan fingerprint density at radius 3 is 2.00 bits per heavy atom. The number of nitrogens with zero attached hydrogens (tertiary/aromatic N) is 1. The maximum absolute atomic E-state index is 11.3. The van der Waals surface area contributed by atoms with Gasteiger partial charge in [-0.2, -0.15) is 0 Å². The molecule has 0 aliphatic rings. The number of quaternary nitrogens is 1. The Morgan fingerprint density at radius 1 is 0.848 bits per heavy atom. The van der Waals surface area contributed by atoms with Gasteiger partial charge in [-0.1, -0.05) is 84.6 Å². The van der Waals surface area contributed by atoms with E-state index in [1.807, 2.05) is 36.4 Å². The molecule has 0 heterocycles. The molecule has 0 atom stereocenters. The van der Waals surface area contributed by atoms with Gasteiger partial charge in [-0.15, -0.1) is 0 Å². The average molecular weight is 444 g/mol. The van der Waals surface area contributed by atoms with Crippen LogP contribution in [0.1, 0.15) is 15.9 Å². The van der Waals surface area contributed by atoms with Crippen LogP contribution in [0, 0.1) is 0 Å². The Bertz CT molecular complexity index is 1170. The highest BCUT2D eigenvalue weighted by Crippen LogP contribution is 2.22. The summed E-state index contributed by atoms with van der Waals surface area (Å²) in [6.07, 6.45) is 0. The third-order valence-electron chi connectivity index (χ3n) is 5.24. The Hall–Kier alpha value is -3.83. The molecule has 33 heavy (non-hydrogen) atoms. The van der Waals surface area contributed by atoms with E-state index in [0.29, 0.717) is 0 Å². The van der Waals surface area contributed by atoms with Crippen LogP contribution >= 0.6 is 0 Å². The largest absolute Gasteiger partial charge is 0.872 e. The van der Waals surface area contributed by atoms with Crippen molar-refractivity contribution in [1.29, 1.82) is 0 Å². The second-order valence-electron chi connectivity index (χ2n) is 8.47. The second kappa shape index (κ2) is 11.2. The molecule has 0 bridgehead atoms. The van der Waals surface area contributed by atoms with Crippen molar-refractivity contribution in [2.45, 2.75) is 6.54 Å². The number of likely N-dealkylation sites (N-methyl/N-ethyl adjacent to an activating group) is 1. The van der Waals surface area contributed by atoms with Crippen LogP contribution in [0.5, 0.6) is 11.5 Å². The molecule has 0 aliphatic carbocycles. The van der Waals surface area contributed by atoms with Crippen LogP contribution in [0.3, 0.4) is 0 Å². The number of para-hydroxylation sites is 1.